The van der Waals surface area contributed by atoms with E-state index in [4.69, 9.17) is 9.52 Å². The van der Waals surface area contributed by atoms with Crippen LogP contribution in [0.15, 0.2) is 36.4 Å². The van der Waals surface area contributed by atoms with Gasteiger partial charge in [0, 0.05) is 9.86 Å². The third kappa shape index (κ3) is 1.57. The molecule has 0 bridgehead atoms. The van der Waals surface area contributed by atoms with Crippen molar-refractivity contribution in [3.63, 3.8) is 0 Å². The highest BCUT2D eigenvalue weighted by Gasteiger charge is 2.07. The fourth-order valence-corrected chi connectivity index (χ4v) is 2.49. The number of hydrogen-bond donors (Lipinski definition) is 1. The summed E-state index contributed by atoms with van der Waals surface area (Å²) in [6.07, 6.45) is 0. The Kier molecular flexibility index (Phi) is 2.36. The molecule has 0 aliphatic rings. The van der Waals surface area contributed by atoms with Gasteiger partial charge < -0.3 is 9.52 Å². The van der Waals surface area contributed by atoms with E-state index in [0.717, 1.165) is 4.47 Å². The van der Waals surface area contributed by atoms with Crippen molar-refractivity contribution in [3.05, 3.63) is 37.6 Å². The van der Waals surface area contributed by atoms with Crippen LogP contribution in [0.5, 0.6) is 5.75 Å². The first kappa shape index (κ1) is 9.73. The quantitative estimate of drug-likeness (QED) is 0.759. The highest BCUT2D eigenvalue weighted by Crippen LogP contribution is 2.28. The third-order valence-electron chi connectivity index (χ3n) is 1.73. The molecule has 2 aromatic rings. The molecule has 3 nitrogen and oxygen atoms in total. The molecule has 0 saturated heterocycles. The molecule has 14 heavy (non-hydrogen) atoms. The Bertz CT molecular complexity index is 560. The minimum Gasteiger partial charge on any atom is -0.502 e. The van der Waals surface area contributed by atoms with Crippen LogP contribution in [0.3, 0.4) is 0 Å². The molecule has 0 atom stereocenters. The molecule has 0 fully saturated rings. The Labute approximate surface area is 95.6 Å². The smallest absolute Gasteiger partial charge is 0.378 e. The molecule has 72 valence electrons. The summed E-state index contributed by atoms with van der Waals surface area (Å²) in [4.78, 5) is 11.0. The first-order valence-electron chi connectivity index (χ1n) is 3.70. The van der Waals surface area contributed by atoms with Crippen molar-refractivity contribution in [3.8, 4) is 5.75 Å². The highest BCUT2D eigenvalue weighted by atomic mass is 79.9. The Balaban J connectivity index is 2.96. The summed E-state index contributed by atoms with van der Waals surface area (Å²) in [5.41, 5.74) is -0.309. The zero-order valence-corrected chi connectivity index (χ0v) is 9.92. The molecule has 1 N–H and O–H groups in total. The van der Waals surface area contributed by atoms with Crippen molar-refractivity contribution in [2.75, 3.05) is 0 Å². The van der Waals surface area contributed by atoms with Gasteiger partial charge >= 0.3 is 5.63 Å². The fraction of sp³-hybridized carbons (Fsp3) is 0. The van der Waals surface area contributed by atoms with Crippen molar-refractivity contribution in [2.24, 2.45) is 0 Å². The minimum absolute atomic E-state index is 0.387. The first-order valence-corrected chi connectivity index (χ1v) is 5.28. The zero-order chi connectivity index (χ0) is 10.3. The molecular formula is C9H4Br2O3. The maximum Gasteiger partial charge on any atom is 0.378 e. The number of aromatic hydroxyl groups is 1. The second kappa shape index (κ2) is 3.40. The lowest BCUT2D eigenvalue weighted by Gasteiger charge is -2.00. The topological polar surface area (TPSA) is 50.4 Å². The largest absolute Gasteiger partial charge is 0.502 e. The van der Waals surface area contributed by atoms with Gasteiger partial charge in [0.15, 0.2) is 5.58 Å². The van der Waals surface area contributed by atoms with Crippen molar-refractivity contribution in [2.45, 2.75) is 0 Å². The molecule has 0 aliphatic heterocycles. The maximum atomic E-state index is 11.0. The van der Waals surface area contributed by atoms with Gasteiger partial charge in [-0.15, -0.1) is 0 Å². The van der Waals surface area contributed by atoms with Gasteiger partial charge in [0.25, 0.3) is 0 Å². The lowest BCUT2D eigenvalue weighted by atomic mass is 10.2. The van der Waals surface area contributed by atoms with Gasteiger partial charge in [-0.2, -0.15) is 0 Å². The lowest BCUT2D eigenvalue weighted by molar-refractivity contribution is 0.428. The van der Waals surface area contributed by atoms with E-state index in [9.17, 15) is 4.79 Å². The van der Waals surface area contributed by atoms with Crippen LogP contribution in [-0.2, 0) is 0 Å². The average molecular weight is 320 g/mol. The standard InChI is InChI=1S/C9H4Br2O3/c10-5-1-4-2-7(12)9(13)14-8(4)6(11)3-5/h1-3,12H. The molecule has 2 rings (SSSR count). The number of benzene rings is 1. The molecule has 5 heteroatoms. The van der Waals surface area contributed by atoms with E-state index in [1.54, 1.807) is 12.1 Å². The SMILES string of the molecule is O=c1oc2c(Br)cc(Br)cc2cc1O. The lowest BCUT2D eigenvalue weighted by Crippen LogP contribution is -1.97. The second-order valence-corrected chi connectivity index (χ2v) is 4.50. The molecule has 0 unspecified atom stereocenters. The van der Waals surface area contributed by atoms with Crippen molar-refractivity contribution < 1.29 is 9.52 Å². The summed E-state index contributed by atoms with van der Waals surface area (Å²) in [7, 11) is 0. The Morgan fingerprint density at radius 1 is 1.21 bits per heavy atom. The summed E-state index contributed by atoms with van der Waals surface area (Å²) >= 11 is 6.56. The molecule has 0 aliphatic carbocycles. The van der Waals surface area contributed by atoms with Gasteiger partial charge in [-0.05, 0) is 34.1 Å². The predicted octanol–water partition coefficient (Wildman–Crippen LogP) is 3.02. The maximum absolute atomic E-state index is 11.0. The van der Waals surface area contributed by atoms with E-state index in [-0.39, 0.29) is 5.75 Å². The monoisotopic (exact) mass is 318 g/mol. The van der Waals surface area contributed by atoms with E-state index in [0.29, 0.717) is 15.4 Å². The molecular weight excluding hydrogens is 316 g/mol. The minimum atomic E-state index is -0.736. The first-order chi connectivity index (χ1) is 6.58. The highest BCUT2D eigenvalue weighted by molar-refractivity contribution is 9.11. The van der Waals surface area contributed by atoms with E-state index in [1.807, 2.05) is 0 Å². The van der Waals surface area contributed by atoms with Crippen LogP contribution in [-0.4, -0.2) is 5.11 Å². The predicted molar refractivity (Wildman–Crippen MR) is 59.5 cm³/mol. The molecule has 1 aromatic heterocycles. The van der Waals surface area contributed by atoms with Gasteiger partial charge in [0.2, 0.25) is 5.75 Å². The summed E-state index contributed by atoms with van der Waals surface area (Å²) in [5, 5.41) is 9.82. The Morgan fingerprint density at radius 3 is 2.64 bits per heavy atom. The third-order valence-corrected chi connectivity index (χ3v) is 2.78. The summed E-state index contributed by atoms with van der Waals surface area (Å²) in [5.74, 6) is -0.387. The van der Waals surface area contributed by atoms with Crippen LogP contribution in [0, 0.1) is 0 Å². The zero-order valence-electron chi connectivity index (χ0n) is 6.75. The van der Waals surface area contributed by atoms with Crippen LogP contribution in [0.25, 0.3) is 11.0 Å². The van der Waals surface area contributed by atoms with E-state index >= 15 is 0 Å². The van der Waals surface area contributed by atoms with E-state index in [2.05, 4.69) is 31.9 Å². The van der Waals surface area contributed by atoms with Gasteiger partial charge in [0.05, 0.1) is 4.47 Å². The Hall–Kier alpha value is -0.810. The van der Waals surface area contributed by atoms with Crippen molar-refractivity contribution >= 4 is 42.8 Å². The second-order valence-electron chi connectivity index (χ2n) is 2.73. The van der Waals surface area contributed by atoms with Crippen molar-refractivity contribution in [1.29, 1.82) is 0 Å². The van der Waals surface area contributed by atoms with E-state index < -0.39 is 5.63 Å². The molecule has 0 saturated carbocycles. The van der Waals surface area contributed by atoms with Crippen LogP contribution >= 0.6 is 31.9 Å². The van der Waals surface area contributed by atoms with Gasteiger partial charge in [0.1, 0.15) is 0 Å². The van der Waals surface area contributed by atoms with Crippen LogP contribution < -0.4 is 5.63 Å². The van der Waals surface area contributed by atoms with Crippen LogP contribution in [0.1, 0.15) is 0 Å². The fourth-order valence-electron chi connectivity index (χ4n) is 1.15. The summed E-state index contributed by atoms with van der Waals surface area (Å²) in [6.45, 7) is 0. The number of halogens is 2. The molecule has 0 radical (unpaired) electrons. The number of fused-ring (bicyclic) bond motifs is 1. The molecule has 0 spiro atoms. The van der Waals surface area contributed by atoms with E-state index in [1.165, 1.54) is 6.07 Å². The molecule has 1 heterocycles. The van der Waals surface area contributed by atoms with Crippen LogP contribution in [0.4, 0.5) is 0 Å². The van der Waals surface area contributed by atoms with Gasteiger partial charge in [-0.3, -0.25) is 0 Å². The Morgan fingerprint density at radius 2 is 1.93 bits per heavy atom. The summed E-state index contributed by atoms with van der Waals surface area (Å²) in [6, 6.07) is 4.89. The van der Waals surface area contributed by atoms with Gasteiger partial charge in [-0.1, -0.05) is 15.9 Å². The average Bonchev–Trinajstić information content (AvgIpc) is 2.08. The van der Waals surface area contributed by atoms with Crippen LogP contribution in [0.2, 0.25) is 0 Å². The summed E-state index contributed by atoms with van der Waals surface area (Å²) < 4.78 is 6.41. The number of hydrogen-bond acceptors (Lipinski definition) is 3. The van der Waals surface area contributed by atoms with Crippen molar-refractivity contribution in [1.82, 2.24) is 0 Å². The molecule has 1 aromatic carbocycles. The molecule has 0 amide bonds. The number of rotatable bonds is 0. The van der Waals surface area contributed by atoms with Gasteiger partial charge in [-0.25, -0.2) is 4.79 Å². The normalized spacial score (nSPS) is 10.7.